The molecule has 1 radical (unpaired) electrons. The third-order valence-corrected chi connectivity index (χ3v) is 1.86. The van der Waals surface area contributed by atoms with Crippen LogP contribution in [-0.4, -0.2) is 43.8 Å². The summed E-state index contributed by atoms with van der Waals surface area (Å²) in [6.07, 6.45) is -4.72. The van der Waals surface area contributed by atoms with Crippen molar-refractivity contribution in [3.8, 4) is 0 Å². The van der Waals surface area contributed by atoms with Crippen LogP contribution in [0.5, 0.6) is 0 Å². The zero-order valence-corrected chi connectivity index (χ0v) is 6.77. The van der Waals surface area contributed by atoms with Crippen LogP contribution in [0.1, 0.15) is 6.42 Å². The first kappa shape index (κ1) is 9.80. The molecular weight excluding hydrogens is 169 g/mol. The van der Waals surface area contributed by atoms with E-state index in [1.54, 1.807) is 4.90 Å². The fourth-order valence-electron chi connectivity index (χ4n) is 1.16. The Bertz CT molecular complexity index is 129. The van der Waals surface area contributed by atoms with Crippen LogP contribution in [0.3, 0.4) is 0 Å². The third kappa shape index (κ3) is 3.92. The van der Waals surface area contributed by atoms with Gasteiger partial charge < -0.3 is 4.90 Å². The van der Waals surface area contributed by atoms with Crippen LogP contribution in [0.2, 0.25) is 0 Å². The molecule has 0 aromatic rings. The number of nitrogens with zero attached hydrogens (tertiary/aromatic N) is 2. The largest absolute Gasteiger partial charge is 0.390 e. The molecule has 1 aliphatic rings. The maximum atomic E-state index is 11.8. The highest BCUT2D eigenvalue weighted by Gasteiger charge is 2.27. The maximum absolute atomic E-state index is 11.8. The Balaban J connectivity index is 2.13. The highest BCUT2D eigenvalue weighted by Crippen LogP contribution is 2.19. The van der Waals surface area contributed by atoms with Crippen molar-refractivity contribution in [2.75, 3.05) is 32.7 Å². The number of alkyl halides is 3. The van der Waals surface area contributed by atoms with Crippen molar-refractivity contribution in [3.63, 3.8) is 0 Å². The molecule has 5 heteroatoms. The second-order valence-corrected chi connectivity index (χ2v) is 2.88. The standard InChI is InChI=1S/C7H12F3N2/c8-7(9,10)1-4-12-5-2-11-3-6-12/h1-6H2. The smallest absolute Gasteiger partial charge is 0.300 e. The van der Waals surface area contributed by atoms with Crippen molar-refractivity contribution in [3.05, 3.63) is 0 Å². The molecule has 0 aromatic heterocycles. The van der Waals surface area contributed by atoms with E-state index in [0.717, 1.165) is 0 Å². The number of rotatable bonds is 2. The summed E-state index contributed by atoms with van der Waals surface area (Å²) >= 11 is 0. The first-order valence-electron chi connectivity index (χ1n) is 4.00. The fraction of sp³-hybridized carbons (Fsp3) is 1.00. The summed E-state index contributed by atoms with van der Waals surface area (Å²) in [5.74, 6) is 0. The third-order valence-electron chi connectivity index (χ3n) is 1.86. The van der Waals surface area contributed by atoms with Crippen LogP contribution in [0.25, 0.3) is 0 Å². The number of halogens is 3. The number of hydrogen-bond acceptors (Lipinski definition) is 1. The Morgan fingerprint density at radius 3 is 2.25 bits per heavy atom. The molecule has 1 fully saturated rings. The Morgan fingerprint density at radius 2 is 1.75 bits per heavy atom. The van der Waals surface area contributed by atoms with E-state index >= 15 is 0 Å². The summed E-state index contributed by atoms with van der Waals surface area (Å²) in [7, 11) is 0. The van der Waals surface area contributed by atoms with Crippen molar-refractivity contribution < 1.29 is 13.2 Å². The van der Waals surface area contributed by atoms with Crippen molar-refractivity contribution in [2.24, 2.45) is 0 Å². The van der Waals surface area contributed by atoms with Crippen LogP contribution in [0.15, 0.2) is 0 Å². The van der Waals surface area contributed by atoms with Gasteiger partial charge in [-0.3, -0.25) is 0 Å². The van der Waals surface area contributed by atoms with Crippen molar-refractivity contribution in [1.82, 2.24) is 10.2 Å². The van der Waals surface area contributed by atoms with Gasteiger partial charge in [0.2, 0.25) is 0 Å². The molecule has 0 atom stereocenters. The van der Waals surface area contributed by atoms with E-state index in [9.17, 15) is 13.2 Å². The SMILES string of the molecule is FC(F)(F)CCN1CC[N]CC1. The minimum absolute atomic E-state index is 0.124. The average molecular weight is 181 g/mol. The zero-order chi connectivity index (χ0) is 9.03. The summed E-state index contributed by atoms with van der Waals surface area (Å²) < 4.78 is 35.3. The Hall–Kier alpha value is -0.290. The summed E-state index contributed by atoms with van der Waals surface area (Å²) in [5, 5.41) is 4.05. The molecule has 12 heavy (non-hydrogen) atoms. The average Bonchev–Trinajstić information content (AvgIpc) is 2.02. The van der Waals surface area contributed by atoms with Gasteiger partial charge in [-0.1, -0.05) is 0 Å². The lowest BCUT2D eigenvalue weighted by Gasteiger charge is -2.26. The van der Waals surface area contributed by atoms with Gasteiger partial charge in [-0.25, -0.2) is 5.32 Å². The van der Waals surface area contributed by atoms with Gasteiger partial charge in [0.05, 0.1) is 6.42 Å². The molecular formula is C7H12F3N2. The van der Waals surface area contributed by atoms with Crippen LogP contribution in [0.4, 0.5) is 13.2 Å². The Morgan fingerprint density at radius 1 is 1.17 bits per heavy atom. The van der Waals surface area contributed by atoms with Crippen molar-refractivity contribution in [1.29, 1.82) is 0 Å². The molecule has 0 saturated carbocycles. The minimum atomic E-state index is -4.02. The summed E-state index contributed by atoms with van der Waals surface area (Å²) in [5.41, 5.74) is 0. The molecule has 0 aliphatic carbocycles. The second-order valence-electron chi connectivity index (χ2n) is 2.88. The van der Waals surface area contributed by atoms with Gasteiger partial charge in [-0.15, -0.1) is 0 Å². The summed E-state index contributed by atoms with van der Waals surface area (Å²) in [6, 6.07) is 0. The van der Waals surface area contributed by atoms with Gasteiger partial charge in [-0.2, -0.15) is 13.2 Å². The summed E-state index contributed by atoms with van der Waals surface area (Å²) in [4.78, 5) is 1.81. The van der Waals surface area contributed by atoms with Gasteiger partial charge in [0.1, 0.15) is 0 Å². The Labute approximate surface area is 69.7 Å². The normalized spacial score (nSPS) is 21.2. The van der Waals surface area contributed by atoms with E-state index in [-0.39, 0.29) is 6.54 Å². The van der Waals surface area contributed by atoms with E-state index in [0.29, 0.717) is 26.2 Å². The predicted molar refractivity (Wildman–Crippen MR) is 39.0 cm³/mol. The molecule has 0 N–H and O–H groups in total. The van der Waals surface area contributed by atoms with Gasteiger partial charge in [0.25, 0.3) is 0 Å². The molecule has 0 aromatic carbocycles. The van der Waals surface area contributed by atoms with Gasteiger partial charge in [-0.05, 0) is 0 Å². The highest BCUT2D eigenvalue weighted by atomic mass is 19.4. The zero-order valence-electron chi connectivity index (χ0n) is 6.77. The highest BCUT2D eigenvalue weighted by molar-refractivity contribution is 4.68. The van der Waals surface area contributed by atoms with E-state index in [4.69, 9.17) is 0 Å². The van der Waals surface area contributed by atoms with Crippen molar-refractivity contribution in [2.45, 2.75) is 12.6 Å². The molecule has 71 valence electrons. The minimum Gasteiger partial charge on any atom is -0.300 e. The van der Waals surface area contributed by atoms with Crippen LogP contribution in [0, 0.1) is 0 Å². The molecule has 0 bridgehead atoms. The molecule has 1 saturated heterocycles. The monoisotopic (exact) mass is 181 g/mol. The molecule has 0 unspecified atom stereocenters. The lowest BCUT2D eigenvalue weighted by molar-refractivity contribution is -0.138. The molecule has 0 spiro atoms. The predicted octanol–water partition coefficient (Wildman–Crippen LogP) is 0.859. The first-order valence-corrected chi connectivity index (χ1v) is 4.00. The lowest BCUT2D eigenvalue weighted by atomic mass is 10.3. The Kier molecular flexibility index (Phi) is 3.34. The van der Waals surface area contributed by atoms with Crippen LogP contribution < -0.4 is 5.32 Å². The van der Waals surface area contributed by atoms with Crippen LogP contribution in [-0.2, 0) is 0 Å². The topological polar surface area (TPSA) is 17.3 Å². The first-order chi connectivity index (χ1) is 5.58. The van der Waals surface area contributed by atoms with Gasteiger partial charge >= 0.3 is 6.18 Å². The molecule has 1 heterocycles. The lowest BCUT2D eigenvalue weighted by Crippen LogP contribution is -2.41. The molecule has 1 aliphatic heterocycles. The van der Waals surface area contributed by atoms with E-state index < -0.39 is 12.6 Å². The van der Waals surface area contributed by atoms with E-state index in [2.05, 4.69) is 5.32 Å². The fourth-order valence-corrected chi connectivity index (χ4v) is 1.16. The van der Waals surface area contributed by atoms with E-state index in [1.807, 2.05) is 0 Å². The molecule has 2 nitrogen and oxygen atoms in total. The van der Waals surface area contributed by atoms with Crippen molar-refractivity contribution >= 4 is 0 Å². The molecule has 0 amide bonds. The second kappa shape index (κ2) is 4.09. The maximum Gasteiger partial charge on any atom is 0.390 e. The van der Waals surface area contributed by atoms with Gasteiger partial charge in [0.15, 0.2) is 0 Å². The van der Waals surface area contributed by atoms with Gasteiger partial charge in [0, 0.05) is 32.7 Å². The summed E-state index contributed by atoms with van der Waals surface area (Å²) in [6.45, 7) is 2.83. The number of hydrogen-bond donors (Lipinski definition) is 0. The molecule has 1 rings (SSSR count). The van der Waals surface area contributed by atoms with Crippen LogP contribution >= 0.6 is 0 Å². The quantitative estimate of drug-likeness (QED) is 0.617. The number of piperazine rings is 1. The van der Waals surface area contributed by atoms with E-state index in [1.165, 1.54) is 0 Å².